The predicted molar refractivity (Wildman–Crippen MR) is 80.5 cm³/mol. The molecule has 1 fully saturated rings. The van der Waals surface area contributed by atoms with Crippen molar-refractivity contribution in [3.63, 3.8) is 0 Å². The zero-order valence-corrected chi connectivity index (χ0v) is 12.5. The number of nitrogens with two attached hydrogens (primary N) is 1. The molecule has 0 bridgehead atoms. The second-order valence-corrected chi connectivity index (χ2v) is 5.07. The fraction of sp³-hybridized carbons (Fsp3) is 0.562. The van der Waals surface area contributed by atoms with Gasteiger partial charge >= 0.3 is 5.97 Å². The topological polar surface area (TPSA) is 70.8 Å². The van der Waals surface area contributed by atoms with E-state index in [9.17, 15) is 4.79 Å². The molecule has 2 N–H and O–H groups in total. The summed E-state index contributed by atoms with van der Waals surface area (Å²) in [5.74, 6) is 0.0468. The van der Waals surface area contributed by atoms with Crippen molar-refractivity contribution in [1.82, 2.24) is 0 Å². The minimum Gasteiger partial charge on any atom is -0.493 e. The quantitative estimate of drug-likeness (QED) is 0.475. The second-order valence-electron chi connectivity index (χ2n) is 5.07. The van der Waals surface area contributed by atoms with Crippen LogP contribution in [-0.2, 0) is 9.47 Å². The number of ether oxygens (including phenoxy) is 3. The molecule has 1 saturated heterocycles. The molecule has 1 heterocycles. The fourth-order valence-corrected chi connectivity index (χ4v) is 2.46. The summed E-state index contributed by atoms with van der Waals surface area (Å²) in [4.78, 5) is 12.1. The van der Waals surface area contributed by atoms with E-state index in [1.54, 1.807) is 18.2 Å². The number of carbonyl (C=O) groups is 1. The van der Waals surface area contributed by atoms with Crippen LogP contribution in [0.2, 0.25) is 0 Å². The maximum absolute atomic E-state index is 12.1. The molecule has 116 valence electrons. The monoisotopic (exact) mass is 293 g/mol. The molecule has 0 saturated carbocycles. The van der Waals surface area contributed by atoms with Crippen LogP contribution in [0.4, 0.5) is 5.69 Å². The van der Waals surface area contributed by atoms with Crippen LogP contribution in [0.1, 0.15) is 43.0 Å². The van der Waals surface area contributed by atoms with Crippen molar-refractivity contribution in [1.29, 1.82) is 0 Å². The van der Waals surface area contributed by atoms with Gasteiger partial charge in [0.25, 0.3) is 0 Å². The fourth-order valence-electron chi connectivity index (χ4n) is 2.46. The van der Waals surface area contributed by atoms with E-state index in [1.165, 1.54) is 0 Å². The molecule has 5 heteroatoms. The predicted octanol–water partition coefficient (Wildman–Crippen LogP) is 2.78. The summed E-state index contributed by atoms with van der Waals surface area (Å²) in [7, 11) is 0. The second kappa shape index (κ2) is 7.88. The summed E-state index contributed by atoms with van der Waals surface area (Å²) < 4.78 is 16.3. The first kappa shape index (κ1) is 15.6. The summed E-state index contributed by atoms with van der Waals surface area (Å²) in [5.41, 5.74) is 6.55. The van der Waals surface area contributed by atoms with Crippen LogP contribution in [0.15, 0.2) is 18.2 Å². The summed E-state index contributed by atoms with van der Waals surface area (Å²) in [6, 6.07) is 5.16. The van der Waals surface area contributed by atoms with E-state index in [-0.39, 0.29) is 0 Å². The first-order valence-electron chi connectivity index (χ1n) is 7.52. The molecule has 0 radical (unpaired) electrons. The van der Waals surface area contributed by atoms with Gasteiger partial charge in [-0.2, -0.15) is 0 Å². The van der Waals surface area contributed by atoms with Crippen LogP contribution in [-0.4, -0.2) is 31.9 Å². The van der Waals surface area contributed by atoms with E-state index in [0.29, 0.717) is 36.3 Å². The maximum Gasteiger partial charge on any atom is 0.344 e. The number of esters is 1. The van der Waals surface area contributed by atoms with Crippen LogP contribution in [0, 0.1) is 0 Å². The van der Waals surface area contributed by atoms with Gasteiger partial charge in [0, 0.05) is 12.3 Å². The Morgan fingerprint density at radius 2 is 2.33 bits per heavy atom. The summed E-state index contributed by atoms with van der Waals surface area (Å²) in [6.45, 7) is 3.56. The third-order valence-corrected chi connectivity index (χ3v) is 3.49. The van der Waals surface area contributed by atoms with Gasteiger partial charge in [0.05, 0.1) is 19.3 Å². The van der Waals surface area contributed by atoms with Crippen molar-refractivity contribution in [2.75, 3.05) is 25.6 Å². The van der Waals surface area contributed by atoms with Crippen molar-refractivity contribution in [2.45, 2.75) is 38.7 Å². The lowest BCUT2D eigenvalue weighted by Crippen LogP contribution is -2.13. The molecule has 1 aliphatic heterocycles. The van der Waals surface area contributed by atoms with Crippen molar-refractivity contribution in [3.05, 3.63) is 23.8 Å². The first-order valence-corrected chi connectivity index (χ1v) is 7.52. The molecule has 21 heavy (non-hydrogen) atoms. The van der Waals surface area contributed by atoms with Gasteiger partial charge in [0.1, 0.15) is 11.3 Å². The van der Waals surface area contributed by atoms with Gasteiger partial charge in [-0.15, -0.1) is 0 Å². The van der Waals surface area contributed by atoms with E-state index in [4.69, 9.17) is 19.9 Å². The summed E-state index contributed by atoms with van der Waals surface area (Å²) in [6.07, 6.45) is 4.28. The van der Waals surface area contributed by atoms with Crippen molar-refractivity contribution < 1.29 is 19.0 Å². The van der Waals surface area contributed by atoms with Crippen molar-refractivity contribution >= 4 is 11.7 Å². The Kier molecular flexibility index (Phi) is 5.87. The molecule has 0 aliphatic carbocycles. The third-order valence-electron chi connectivity index (χ3n) is 3.49. The molecular formula is C16H23NO4. The van der Waals surface area contributed by atoms with Crippen LogP contribution >= 0.6 is 0 Å². The Bertz CT molecular complexity index is 469. The lowest BCUT2D eigenvalue weighted by Gasteiger charge is -2.13. The molecule has 1 aromatic rings. The highest BCUT2D eigenvalue weighted by atomic mass is 16.5. The van der Waals surface area contributed by atoms with Gasteiger partial charge in [0.2, 0.25) is 0 Å². The van der Waals surface area contributed by atoms with E-state index in [1.807, 2.05) is 6.92 Å². The molecule has 1 atom stereocenters. The average Bonchev–Trinajstić information content (AvgIpc) is 2.97. The van der Waals surface area contributed by atoms with Gasteiger partial charge < -0.3 is 19.9 Å². The highest BCUT2D eigenvalue weighted by molar-refractivity contribution is 5.98. The minimum absolute atomic E-state index is 0.316. The number of hydrogen-bond donors (Lipinski definition) is 1. The number of hydrogen-bond acceptors (Lipinski definition) is 5. The molecule has 1 aromatic carbocycles. The van der Waals surface area contributed by atoms with Gasteiger partial charge in [-0.1, -0.05) is 6.07 Å². The number of anilines is 1. The highest BCUT2D eigenvalue weighted by Crippen LogP contribution is 2.25. The Hall–Kier alpha value is -1.75. The molecule has 1 aliphatic rings. The maximum atomic E-state index is 12.1. The Morgan fingerprint density at radius 1 is 1.48 bits per heavy atom. The first-order chi connectivity index (χ1) is 10.2. The molecule has 2 rings (SSSR count). The normalized spacial score (nSPS) is 17.7. The van der Waals surface area contributed by atoms with Crippen LogP contribution in [0.5, 0.6) is 5.75 Å². The number of rotatable bonds is 7. The lowest BCUT2D eigenvalue weighted by molar-refractivity contribution is 0.0458. The molecule has 5 nitrogen and oxygen atoms in total. The standard InChI is InChI=1S/C16H23NO4/c1-2-19-14-9-3-8-13(17)15(14)16(18)21-11-5-7-12-6-4-10-20-12/h3,8-9,12H,2,4-7,10-11,17H2,1H3. The van der Waals surface area contributed by atoms with Gasteiger partial charge in [-0.05, 0) is 44.7 Å². The Morgan fingerprint density at radius 3 is 3.05 bits per heavy atom. The van der Waals surface area contributed by atoms with E-state index >= 15 is 0 Å². The van der Waals surface area contributed by atoms with E-state index < -0.39 is 5.97 Å². The van der Waals surface area contributed by atoms with Crippen molar-refractivity contribution in [3.8, 4) is 5.75 Å². The van der Waals surface area contributed by atoms with Crippen LogP contribution in [0.25, 0.3) is 0 Å². The molecule has 1 unspecified atom stereocenters. The Balaban J connectivity index is 1.84. The smallest absolute Gasteiger partial charge is 0.344 e. The van der Waals surface area contributed by atoms with Crippen LogP contribution < -0.4 is 10.5 Å². The van der Waals surface area contributed by atoms with Gasteiger partial charge in [-0.25, -0.2) is 4.79 Å². The SMILES string of the molecule is CCOc1cccc(N)c1C(=O)OCCCC1CCCO1. The van der Waals surface area contributed by atoms with Gasteiger partial charge in [-0.3, -0.25) is 0 Å². The molecule has 0 amide bonds. The summed E-state index contributed by atoms with van der Waals surface area (Å²) in [5, 5.41) is 0. The van der Waals surface area contributed by atoms with E-state index in [0.717, 1.165) is 32.3 Å². The number of nitrogen functional groups attached to an aromatic ring is 1. The molecule has 0 aromatic heterocycles. The number of benzene rings is 1. The van der Waals surface area contributed by atoms with Crippen molar-refractivity contribution in [2.24, 2.45) is 0 Å². The molecular weight excluding hydrogens is 270 g/mol. The third kappa shape index (κ3) is 4.36. The minimum atomic E-state index is -0.427. The zero-order chi connectivity index (χ0) is 15.1. The van der Waals surface area contributed by atoms with E-state index in [2.05, 4.69) is 0 Å². The summed E-state index contributed by atoms with van der Waals surface area (Å²) >= 11 is 0. The largest absolute Gasteiger partial charge is 0.493 e. The Labute approximate surface area is 125 Å². The number of carbonyl (C=O) groups excluding carboxylic acids is 1. The molecule has 0 spiro atoms. The average molecular weight is 293 g/mol. The highest BCUT2D eigenvalue weighted by Gasteiger charge is 2.18. The van der Waals surface area contributed by atoms with Gasteiger partial charge in [0.15, 0.2) is 0 Å². The lowest BCUT2D eigenvalue weighted by atomic mass is 10.1. The van der Waals surface area contributed by atoms with Crippen LogP contribution in [0.3, 0.4) is 0 Å². The zero-order valence-electron chi connectivity index (χ0n) is 12.5.